The number of carbonyl (C=O) groups excluding carboxylic acids is 2. The van der Waals surface area contributed by atoms with Gasteiger partial charge in [0, 0.05) is 31.9 Å². The molecule has 2 heterocycles. The highest BCUT2D eigenvalue weighted by Crippen LogP contribution is 2.31. The molecule has 0 saturated carbocycles. The molecule has 35 heavy (non-hydrogen) atoms. The molecule has 0 spiro atoms. The fourth-order valence-electron chi connectivity index (χ4n) is 4.94. The molecule has 1 fully saturated rings. The minimum absolute atomic E-state index is 0.0119. The van der Waals surface area contributed by atoms with Crippen LogP contribution in [0.3, 0.4) is 0 Å². The number of hydrogen-bond acceptors (Lipinski definition) is 6. The van der Waals surface area contributed by atoms with Gasteiger partial charge in [0.15, 0.2) is 0 Å². The predicted octanol–water partition coefficient (Wildman–Crippen LogP) is 5.57. The number of ether oxygens (including phenoxy) is 3. The van der Waals surface area contributed by atoms with Gasteiger partial charge in [-0.1, -0.05) is 51.5 Å². The summed E-state index contributed by atoms with van der Waals surface area (Å²) in [7, 11) is 1.00. The standard InChI is InChI=1S/C28H40O5.CH4O/c1-18(2)12-21(13-19(3)4)7-8-22-15-25(33-28(22)30)17-31-27(29)11-9-24-16-23-14-20(5)6-10-26(23)32-24;1-2/h6,8,10,14,18-19,21,24-25H,7,9,11-13,15-17H2,1-5H3;2H,1H3/b22-8+;. The highest BCUT2D eigenvalue weighted by molar-refractivity contribution is 5.90. The van der Waals surface area contributed by atoms with Crippen molar-refractivity contribution in [2.24, 2.45) is 17.8 Å². The van der Waals surface area contributed by atoms with Crippen molar-refractivity contribution >= 4 is 11.9 Å². The van der Waals surface area contributed by atoms with Crippen LogP contribution in [0.25, 0.3) is 0 Å². The lowest BCUT2D eigenvalue weighted by Gasteiger charge is -2.19. The van der Waals surface area contributed by atoms with Gasteiger partial charge in [-0.05, 0) is 62.0 Å². The Balaban J connectivity index is 0.00000210. The largest absolute Gasteiger partial charge is 0.490 e. The molecule has 6 nitrogen and oxygen atoms in total. The number of benzene rings is 1. The number of carbonyl (C=O) groups is 2. The maximum Gasteiger partial charge on any atom is 0.334 e. The van der Waals surface area contributed by atoms with Crippen molar-refractivity contribution in [3.05, 3.63) is 41.0 Å². The van der Waals surface area contributed by atoms with Crippen LogP contribution in [-0.4, -0.2) is 43.0 Å². The van der Waals surface area contributed by atoms with E-state index in [4.69, 9.17) is 19.3 Å². The van der Waals surface area contributed by atoms with E-state index in [2.05, 4.69) is 46.8 Å². The van der Waals surface area contributed by atoms with Crippen molar-refractivity contribution in [2.45, 2.75) is 91.8 Å². The minimum Gasteiger partial charge on any atom is -0.490 e. The van der Waals surface area contributed by atoms with E-state index >= 15 is 0 Å². The van der Waals surface area contributed by atoms with Crippen LogP contribution in [0.2, 0.25) is 0 Å². The lowest BCUT2D eigenvalue weighted by molar-refractivity contribution is -0.152. The fourth-order valence-corrected chi connectivity index (χ4v) is 4.94. The smallest absolute Gasteiger partial charge is 0.334 e. The quantitative estimate of drug-likeness (QED) is 0.324. The second-order valence-corrected chi connectivity index (χ2v) is 10.6. The molecule has 1 aromatic rings. The molecule has 2 aliphatic rings. The molecule has 196 valence electrons. The Hall–Kier alpha value is -2.34. The monoisotopic (exact) mass is 488 g/mol. The third-order valence-corrected chi connectivity index (χ3v) is 6.35. The molecule has 1 N–H and O–H groups in total. The first-order valence-corrected chi connectivity index (χ1v) is 13.0. The minimum atomic E-state index is -0.378. The van der Waals surface area contributed by atoms with Crippen molar-refractivity contribution in [1.82, 2.24) is 0 Å². The summed E-state index contributed by atoms with van der Waals surface area (Å²) in [5.41, 5.74) is 3.14. The Bertz CT molecular complexity index is 847. The van der Waals surface area contributed by atoms with Crippen LogP contribution in [0.1, 0.15) is 77.3 Å². The number of aliphatic hydroxyl groups excluding tert-OH is 1. The molecule has 3 rings (SSSR count). The van der Waals surface area contributed by atoms with Crippen LogP contribution >= 0.6 is 0 Å². The summed E-state index contributed by atoms with van der Waals surface area (Å²) in [6, 6.07) is 6.17. The van der Waals surface area contributed by atoms with Crippen molar-refractivity contribution in [3.63, 3.8) is 0 Å². The Kier molecular flexibility index (Phi) is 11.8. The van der Waals surface area contributed by atoms with Crippen molar-refractivity contribution in [3.8, 4) is 5.75 Å². The molecule has 2 aliphatic heterocycles. The Morgan fingerprint density at radius 1 is 1.09 bits per heavy atom. The van der Waals surface area contributed by atoms with E-state index in [1.165, 1.54) is 11.1 Å². The van der Waals surface area contributed by atoms with Gasteiger partial charge in [0.05, 0.1) is 0 Å². The Morgan fingerprint density at radius 3 is 2.43 bits per heavy atom. The first-order chi connectivity index (χ1) is 16.7. The van der Waals surface area contributed by atoms with Crippen LogP contribution in [0.5, 0.6) is 5.75 Å². The van der Waals surface area contributed by atoms with Crippen LogP contribution < -0.4 is 4.74 Å². The number of cyclic esters (lactones) is 1. The van der Waals surface area contributed by atoms with E-state index in [-0.39, 0.29) is 30.8 Å². The van der Waals surface area contributed by atoms with Crippen molar-refractivity contribution < 1.29 is 28.9 Å². The SMILES string of the molecule is CO.Cc1ccc2c(c1)CC(CCC(=O)OCC1C/C(=C\CC(CC(C)C)CC(C)C)C(=O)O1)O2. The molecule has 1 saturated heterocycles. The molecule has 0 aromatic heterocycles. The molecular formula is C29H44O6. The number of rotatable bonds is 11. The van der Waals surface area contributed by atoms with Gasteiger partial charge in [0.1, 0.15) is 24.6 Å². The van der Waals surface area contributed by atoms with Gasteiger partial charge in [-0.25, -0.2) is 4.79 Å². The van der Waals surface area contributed by atoms with Crippen LogP contribution in [0.4, 0.5) is 0 Å². The first kappa shape index (κ1) is 28.9. The molecule has 0 aliphatic carbocycles. The Morgan fingerprint density at radius 2 is 1.77 bits per heavy atom. The molecular weight excluding hydrogens is 444 g/mol. The van der Waals surface area contributed by atoms with Gasteiger partial charge in [-0.2, -0.15) is 0 Å². The van der Waals surface area contributed by atoms with Crippen molar-refractivity contribution in [2.75, 3.05) is 13.7 Å². The van der Waals surface area contributed by atoms with Crippen molar-refractivity contribution in [1.29, 1.82) is 0 Å². The van der Waals surface area contributed by atoms with Gasteiger partial charge < -0.3 is 19.3 Å². The highest BCUT2D eigenvalue weighted by atomic mass is 16.6. The second kappa shape index (κ2) is 14.3. The average molecular weight is 489 g/mol. The maximum atomic E-state index is 12.3. The predicted molar refractivity (Wildman–Crippen MR) is 137 cm³/mol. The average Bonchev–Trinajstić information content (AvgIpc) is 3.37. The summed E-state index contributed by atoms with van der Waals surface area (Å²) in [6.07, 6.45) is 7.17. The summed E-state index contributed by atoms with van der Waals surface area (Å²) >= 11 is 0. The van der Waals surface area contributed by atoms with E-state index in [0.29, 0.717) is 37.0 Å². The molecule has 1 aromatic carbocycles. The van der Waals surface area contributed by atoms with Gasteiger partial charge in [0.25, 0.3) is 0 Å². The molecule has 0 radical (unpaired) electrons. The number of fused-ring (bicyclic) bond motifs is 1. The maximum absolute atomic E-state index is 12.3. The first-order valence-electron chi connectivity index (χ1n) is 13.0. The number of hydrogen-bond donors (Lipinski definition) is 1. The van der Waals surface area contributed by atoms with Gasteiger partial charge >= 0.3 is 11.9 Å². The third-order valence-electron chi connectivity index (χ3n) is 6.35. The third kappa shape index (κ3) is 9.67. The lowest BCUT2D eigenvalue weighted by atomic mass is 9.86. The van der Waals surface area contributed by atoms with E-state index < -0.39 is 0 Å². The molecule has 2 atom stereocenters. The zero-order chi connectivity index (χ0) is 26.0. The van der Waals surface area contributed by atoms with Crippen LogP contribution in [0.15, 0.2) is 29.8 Å². The molecule has 0 bridgehead atoms. The number of allylic oxidation sites excluding steroid dienone is 1. The summed E-state index contributed by atoms with van der Waals surface area (Å²) in [5.74, 6) is 2.24. The van der Waals surface area contributed by atoms with Gasteiger partial charge in [0.2, 0.25) is 0 Å². The van der Waals surface area contributed by atoms with Crippen LogP contribution in [0, 0.1) is 24.7 Å². The molecule has 6 heteroatoms. The van der Waals surface area contributed by atoms with Gasteiger partial charge in [-0.15, -0.1) is 0 Å². The zero-order valence-electron chi connectivity index (χ0n) is 22.3. The van der Waals surface area contributed by atoms with Gasteiger partial charge in [-0.3, -0.25) is 4.79 Å². The lowest BCUT2D eigenvalue weighted by Crippen LogP contribution is -2.20. The Labute approximate surface area is 211 Å². The number of esters is 2. The highest BCUT2D eigenvalue weighted by Gasteiger charge is 2.30. The molecule has 2 unspecified atom stereocenters. The van der Waals surface area contributed by atoms with E-state index in [1.807, 2.05) is 12.1 Å². The normalized spacial score (nSPS) is 20.1. The topological polar surface area (TPSA) is 82.1 Å². The number of aryl methyl sites for hydroxylation is 1. The molecule has 0 amide bonds. The van der Waals surface area contributed by atoms with E-state index in [0.717, 1.165) is 44.1 Å². The van der Waals surface area contributed by atoms with Crippen LogP contribution in [-0.2, 0) is 25.5 Å². The van der Waals surface area contributed by atoms with E-state index in [1.54, 1.807) is 0 Å². The summed E-state index contributed by atoms with van der Waals surface area (Å²) in [4.78, 5) is 24.5. The van der Waals surface area contributed by atoms with E-state index in [9.17, 15) is 9.59 Å². The summed E-state index contributed by atoms with van der Waals surface area (Å²) < 4.78 is 16.8. The summed E-state index contributed by atoms with van der Waals surface area (Å²) in [5, 5.41) is 7.00. The number of aliphatic hydroxyl groups is 1. The second-order valence-electron chi connectivity index (χ2n) is 10.6. The fraction of sp³-hybridized carbons (Fsp3) is 0.655. The zero-order valence-corrected chi connectivity index (χ0v) is 22.3. The summed E-state index contributed by atoms with van der Waals surface area (Å²) in [6.45, 7) is 11.2.